The molecule has 3 nitrogen and oxygen atoms in total. The molecule has 0 aliphatic heterocycles. The van der Waals surface area contributed by atoms with Gasteiger partial charge in [0.15, 0.2) is 0 Å². The summed E-state index contributed by atoms with van der Waals surface area (Å²) < 4.78 is 7.82. The molecule has 1 rings (SSSR count). The van der Waals surface area contributed by atoms with Crippen molar-refractivity contribution < 1.29 is 4.74 Å². The molecule has 0 aliphatic rings. The molecule has 0 spiro atoms. The predicted octanol–water partition coefficient (Wildman–Crippen LogP) is 3.22. The lowest BCUT2D eigenvalue weighted by Gasteiger charge is -2.14. The molecule has 104 valence electrons. The zero-order chi connectivity index (χ0) is 13.4. The standard InChI is InChI=1S/C15H28N2O/c1-5-15(16-6-2)14-7-8-17(11-14)9-10-18-12-13(3)4/h7-8,11,13,15-16H,5-6,9-10,12H2,1-4H3. The van der Waals surface area contributed by atoms with Crippen molar-refractivity contribution in [2.24, 2.45) is 5.92 Å². The first-order valence-corrected chi connectivity index (χ1v) is 7.14. The van der Waals surface area contributed by atoms with Gasteiger partial charge in [-0.15, -0.1) is 0 Å². The highest BCUT2D eigenvalue weighted by atomic mass is 16.5. The lowest BCUT2D eigenvalue weighted by Crippen LogP contribution is -2.19. The first-order valence-electron chi connectivity index (χ1n) is 7.14. The van der Waals surface area contributed by atoms with E-state index in [-0.39, 0.29) is 0 Å². The lowest BCUT2D eigenvalue weighted by molar-refractivity contribution is 0.103. The van der Waals surface area contributed by atoms with Gasteiger partial charge in [-0.05, 0) is 30.5 Å². The van der Waals surface area contributed by atoms with Crippen molar-refractivity contribution in [2.45, 2.75) is 46.7 Å². The SMILES string of the molecule is CCNC(CC)c1ccn(CCOCC(C)C)c1. The molecule has 0 aliphatic carbocycles. The summed E-state index contributed by atoms with van der Waals surface area (Å²) in [5, 5.41) is 3.50. The maximum Gasteiger partial charge on any atom is 0.0645 e. The van der Waals surface area contributed by atoms with Crippen molar-refractivity contribution in [1.29, 1.82) is 0 Å². The highest BCUT2D eigenvalue weighted by molar-refractivity contribution is 5.15. The van der Waals surface area contributed by atoms with E-state index in [9.17, 15) is 0 Å². The number of hydrogen-bond acceptors (Lipinski definition) is 2. The van der Waals surface area contributed by atoms with Crippen molar-refractivity contribution in [3.8, 4) is 0 Å². The Morgan fingerprint density at radius 3 is 2.72 bits per heavy atom. The van der Waals surface area contributed by atoms with Gasteiger partial charge in [0.2, 0.25) is 0 Å². The summed E-state index contributed by atoms with van der Waals surface area (Å²) in [5.74, 6) is 0.614. The van der Waals surface area contributed by atoms with Crippen molar-refractivity contribution in [1.82, 2.24) is 9.88 Å². The average Bonchev–Trinajstić information content (AvgIpc) is 2.80. The Morgan fingerprint density at radius 1 is 1.33 bits per heavy atom. The van der Waals surface area contributed by atoms with Gasteiger partial charge < -0.3 is 14.6 Å². The average molecular weight is 252 g/mol. The highest BCUT2D eigenvalue weighted by Crippen LogP contribution is 2.16. The molecule has 1 N–H and O–H groups in total. The molecule has 0 fully saturated rings. The molecule has 0 aromatic carbocycles. The van der Waals surface area contributed by atoms with Crippen LogP contribution in [0.2, 0.25) is 0 Å². The fraction of sp³-hybridized carbons (Fsp3) is 0.733. The van der Waals surface area contributed by atoms with Crippen molar-refractivity contribution in [3.63, 3.8) is 0 Å². The molecular formula is C15H28N2O. The number of nitrogens with zero attached hydrogens (tertiary/aromatic N) is 1. The lowest BCUT2D eigenvalue weighted by atomic mass is 10.1. The van der Waals surface area contributed by atoms with Crippen LogP contribution >= 0.6 is 0 Å². The third-order valence-electron chi connectivity index (χ3n) is 2.98. The summed E-state index contributed by atoms with van der Waals surface area (Å²) in [7, 11) is 0. The van der Waals surface area contributed by atoms with Crippen LogP contribution in [0.5, 0.6) is 0 Å². The number of ether oxygens (including phenoxy) is 1. The van der Waals surface area contributed by atoms with Gasteiger partial charge in [-0.1, -0.05) is 27.7 Å². The maximum absolute atomic E-state index is 5.61. The Kier molecular flexibility index (Phi) is 7.06. The summed E-state index contributed by atoms with van der Waals surface area (Å²) >= 11 is 0. The fourth-order valence-corrected chi connectivity index (χ4v) is 2.04. The van der Waals surface area contributed by atoms with E-state index in [1.54, 1.807) is 0 Å². The minimum absolute atomic E-state index is 0.479. The molecule has 1 atom stereocenters. The van der Waals surface area contributed by atoms with Gasteiger partial charge in [0.1, 0.15) is 0 Å². The molecule has 1 aromatic heterocycles. The Balaban J connectivity index is 2.37. The smallest absolute Gasteiger partial charge is 0.0645 e. The highest BCUT2D eigenvalue weighted by Gasteiger charge is 2.08. The largest absolute Gasteiger partial charge is 0.379 e. The Bertz CT molecular complexity index is 320. The van der Waals surface area contributed by atoms with Crippen molar-refractivity contribution >= 4 is 0 Å². The molecule has 0 radical (unpaired) electrons. The summed E-state index contributed by atoms with van der Waals surface area (Å²) in [4.78, 5) is 0. The van der Waals surface area contributed by atoms with Crippen LogP contribution in [-0.4, -0.2) is 24.3 Å². The van der Waals surface area contributed by atoms with Crippen LogP contribution in [-0.2, 0) is 11.3 Å². The van der Waals surface area contributed by atoms with Gasteiger partial charge >= 0.3 is 0 Å². The fourth-order valence-electron chi connectivity index (χ4n) is 2.04. The van der Waals surface area contributed by atoms with Crippen LogP contribution in [0.15, 0.2) is 18.5 Å². The van der Waals surface area contributed by atoms with Gasteiger partial charge in [-0.3, -0.25) is 0 Å². The summed E-state index contributed by atoms with van der Waals surface area (Å²) in [5.41, 5.74) is 1.38. The Hall–Kier alpha value is -0.800. The second kappa shape index (κ2) is 8.33. The monoisotopic (exact) mass is 252 g/mol. The van der Waals surface area contributed by atoms with E-state index >= 15 is 0 Å². The Morgan fingerprint density at radius 2 is 2.11 bits per heavy atom. The van der Waals surface area contributed by atoms with E-state index in [0.29, 0.717) is 12.0 Å². The maximum atomic E-state index is 5.61. The van der Waals surface area contributed by atoms with E-state index in [1.165, 1.54) is 5.56 Å². The molecular weight excluding hydrogens is 224 g/mol. The third-order valence-corrected chi connectivity index (χ3v) is 2.98. The van der Waals surface area contributed by atoms with E-state index in [4.69, 9.17) is 4.74 Å². The second-order valence-electron chi connectivity index (χ2n) is 5.17. The minimum Gasteiger partial charge on any atom is -0.379 e. The Labute approximate surface area is 112 Å². The first kappa shape index (κ1) is 15.3. The molecule has 1 aromatic rings. The van der Waals surface area contributed by atoms with Crippen LogP contribution in [0.3, 0.4) is 0 Å². The predicted molar refractivity (Wildman–Crippen MR) is 76.8 cm³/mol. The van der Waals surface area contributed by atoms with E-state index in [1.807, 2.05) is 0 Å². The quantitative estimate of drug-likeness (QED) is 0.683. The summed E-state index contributed by atoms with van der Waals surface area (Å²) in [6.07, 6.45) is 5.51. The molecule has 0 bridgehead atoms. The second-order valence-corrected chi connectivity index (χ2v) is 5.17. The van der Waals surface area contributed by atoms with Gasteiger partial charge in [-0.2, -0.15) is 0 Å². The first-order chi connectivity index (χ1) is 8.67. The van der Waals surface area contributed by atoms with Crippen molar-refractivity contribution in [3.05, 3.63) is 24.0 Å². The number of aromatic nitrogens is 1. The van der Waals surface area contributed by atoms with Crippen LogP contribution in [0.25, 0.3) is 0 Å². The van der Waals surface area contributed by atoms with E-state index in [2.05, 4.69) is 56.0 Å². The molecule has 1 unspecified atom stereocenters. The topological polar surface area (TPSA) is 26.2 Å². The third kappa shape index (κ3) is 5.23. The van der Waals surface area contributed by atoms with Crippen LogP contribution in [0.1, 0.15) is 45.7 Å². The van der Waals surface area contributed by atoms with Crippen LogP contribution in [0.4, 0.5) is 0 Å². The molecule has 0 saturated carbocycles. The number of rotatable bonds is 9. The molecule has 1 heterocycles. The van der Waals surface area contributed by atoms with Gasteiger partial charge in [0.25, 0.3) is 0 Å². The summed E-state index contributed by atoms with van der Waals surface area (Å²) in [6, 6.07) is 2.69. The molecule has 0 saturated heterocycles. The van der Waals surface area contributed by atoms with E-state index < -0.39 is 0 Å². The van der Waals surface area contributed by atoms with E-state index in [0.717, 1.165) is 32.7 Å². The zero-order valence-corrected chi connectivity index (χ0v) is 12.3. The molecule has 0 amide bonds. The number of hydrogen-bond donors (Lipinski definition) is 1. The molecule has 3 heteroatoms. The van der Waals surface area contributed by atoms with Gasteiger partial charge in [0, 0.05) is 31.6 Å². The number of nitrogens with one attached hydrogen (secondary N) is 1. The van der Waals surface area contributed by atoms with Gasteiger partial charge in [-0.25, -0.2) is 0 Å². The van der Waals surface area contributed by atoms with Crippen LogP contribution in [0, 0.1) is 5.92 Å². The van der Waals surface area contributed by atoms with Crippen LogP contribution < -0.4 is 5.32 Å². The van der Waals surface area contributed by atoms with Crippen molar-refractivity contribution in [2.75, 3.05) is 19.8 Å². The molecule has 18 heavy (non-hydrogen) atoms. The zero-order valence-electron chi connectivity index (χ0n) is 12.3. The van der Waals surface area contributed by atoms with Gasteiger partial charge in [0.05, 0.1) is 6.61 Å². The summed E-state index contributed by atoms with van der Waals surface area (Å²) in [6.45, 7) is 12.3. The minimum atomic E-state index is 0.479. The normalized spacial score (nSPS) is 13.2.